The number of carboxylic acid groups (broad SMARTS) is 1. The van der Waals surface area contributed by atoms with Crippen LogP contribution in [-0.2, 0) is 4.79 Å². The van der Waals surface area contributed by atoms with Crippen LogP contribution in [0.25, 0.3) is 0 Å². The van der Waals surface area contributed by atoms with Crippen molar-refractivity contribution >= 4 is 17.6 Å². The van der Waals surface area contributed by atoms with Crippen LogP contribution in [0, 0.1) is 17.6 Å². The summed E-state index contributed by atoms with van der Waals surface area (Å²) in [5, 5.41) is 14.4. The fraction of sp³-hybridized carbons (Fsp3) is 0.385. The first-order valence-corrected chi connectivity index (χ1v) is 6.23. The predicted molar refractivity (Wildman–Crippen MR) is 67.5 cm³/mol. The molecule has 0 unspecified atom stereocenters. The van der Waals surface area contributed by atoms with E-state index in [1.165, 1.54) is 0 Å². The maximum absolute atomic E-state index is 13.2. The summed E-state index contributed by atoms with van der Waals surface area (Å²) < 4.78 is 26.2. The first-order valence-electron chi connectivity index (χ1n) is 6.23. The predicted octanol–water partition coefficient (Wildman–Crippen LogP) is 1.60. The lowest BCUT2D eigenvalue weighted by molar-refractivity contribution is -0.120. The summed E-state index contributed by atoms with van der Waals surface area (Å²) in [5.74, 6) is -4.60. The lowest BCUT2D eigenvalue weighted by atomic mass is 9.98. The molecule has 1 aliphatic rings. The lowest BCUT2D eigenvalue weighted by Crippen LogP contribution is -2.37. The zero-order valence-corrected chi connectivity index (χ0v) is 10.6. The third-order valence-corrected chi connectivity index (χ3v) is 3.22. The number of halogens is 2. The van der Waals surface area contributed by atoms with E-state index in [1.54, 1.807) is 0 Å². The Balaban J connectivity index is 2.21. The molecule has 1 aliphatic heterocycles. The number of aromatic carboxylic acids is 1. The summed E-state index contributed by atoms with van der Waals surface area (Å²) in [7, 11) is 0. The Morgan fingerprint density at radius 2 is 2.00 bits per heavy atom. The second kappa shape index (κ2) is 5.96. The quantitative estimate of drug-likeness (QED) is 0.788. The number of rotatable bonds is 3. The number of amides is 1. The third kappa shape index (κ3) is 3.11. The van der Waals surface area contributed by atoms with Gasteiger partial charge in [0.25, 0.3) is 0 Å². The molecule has 1 fully saturated rings. The van der Waals surface area contributed by atoms with E-state index in [2.05, 4.69) is 10.6 Å². The molecule has 108 valence electrons. The van der Waals surface area contributed by atoms with E-state index >= 15 is 0 Å². The molecule has 0 radical (unpaired) electrons. The van der Waals surface area contributed by atoms with Crippen molar-refractivity contribution in [1.29, 1.82) is 0 Å². The van der Waals surface area contributed by atoms with E-state index in [9.17, 15) is 18.4 Å². The van der Waals surface area contributed by atoms with Gasteiger partial charge in [-0.05, 0) is 25.5 Å². The molecular weight excluding hydrogens is 270 g/mol. The Labute approximate surface area is 114 Å². The van der Waals surface area contributed by atoms with E-state index in [0.29, 0.717) is 25.1 Å². The zero-order chi connectivity index (χ0) is 14.7. The molecule has 2 rings (SSSR count). The highest BCUT2D eigenvalue weighted by Crippen LogP contribution is 2.22. The molecule has 1 aromatic carbocycles. The monoisotopic (exact) mass is 284 g/mol. The lowest BCUT2D eigenvalue weighted by Gasteiger charge is -2.22. The van der Waals surface area contributed by atoms with Crippen molar-refractivity contribution < 1.29 is 23.5 Å². The van der Waals surface area contributed by atoms with Crippen LogP contribution in [0.2, 0.25) is 0 Å². The smallest absolute Gasteiger partial charge is 0.337 e. The maximum atomic E-state index is 13.2. The van der Waals surface area contributed by atoms with Gasteiger partial charge in [-0.2, -0.15) is 0 Å². The summed E-state index contributed by atoms with van der Waals surface area (Å²) in [4.78, 5) is 23.0. The van der Waals surface area contributed by atoms with Gasteiger partial charge in [-0.25, -0.2) is 13.6 Å². The zero-order valence-electron chi connectivity index (χ0n) is 10.6. The van der Waals surface area contributed by atoms with Crippen LogP contribution in [0.4, 0.5) is 14.5 Å². The van der Waals surface area contributed by atoms with Crippen molar-refractivity contribution in [3.63, 3.8) is 0 Å². The average molecular weight is 284 g/mol. The molecule has 1 amide bonds. The van der Waals surface area contributed by atoms with Gasteiger partial charge in [-0.1, -0.05) is 0 Å². The summed E-state index contributed by atoms with van der Waals surface area (Å²) in [6.07, 6.45) is 1.51. The third-order valence-electron chi connectivity index (χ3n) is 3.22. The van der Waals surface area contributed by atoms with Gasteiger partial charge in [-0.3, -0.25) is 4.79 Å². The summed E-state index contributed by atoms with van der Waals surface area (Å²) >= 11 is 0. The molecule has 20 heavy (non-hydrogen) atoms. The molecule has 0 saturated carbocycles. The van der Waals surface area contributed by atoms with Gasteiger partial charge in [0.2, 0.25) is 5.91 Å². The van der Waals surface area contributed by atoms with Crippen molar-refractivity contribution in [2.75, 3.05) is 18.4 Å². The van der Waals surface area contributed by atoms with Gasteiger partial charge in [0.15, 0.2) is 11.6 Å². The van der Waals surface area contributed by atoms with Crippen molar-refractivity contribution in [3.05, 3.63) is 29.3 Å². The highest BCUT2D eigenvalue weighted by atomic mass is 19.2. The molecule has 7 heteroatoms. The largest absolute Gasteiger partial charge is 0.478 e. The summed E-state index contributed by atoms with van der Waals surface area (Å²) in [6, 6.07) is 1.25. The fourth-order valence-electron chi connectivity index (χ4n) is 2.14. The minimum atomic E-state index is -1.43. The molecule has 1 saturated heterocycles. The van der Waals surface area contributed by atoms with Crippen LogP contribution in [0.3, 0.4) is 0 Å². The summed E-state index contributed by atoms with van der Waals surface area (Å²) in [5.41, 5.74) is -0.701. The van der Waals surface area contributed by atoms with E-state index in [-0.39, 0.29) is 11.6 Å². The number of anilines is 1. The number of carbonyl (C=O) groups excluding carboxylic acids is 1. The molecule has 3 N–H and O–H groups in total. The Morgan fingerprint density at radius 1 is 1.30 bits per heavy atom. The number of piperidine rings is 1. The highest BCUT2D eigenvalue weighted by Gasteiger charge is 2.23. The van der Waals surface area contributed by atoms with E-state index < -0.39 is 29.1 Å². The Kier molecular flexibility index (Phi) is 4.29. The number of hydrogen-bond donors (Lipinski definition) is 3. The van der Waals surface area contributed by atoms with Gasteiger partial charge in [0.1, 0.15) is 0 Å². The first-order chi connectivity index (χ1) is 9.49. The number of nitrogens with one attached hydrogen (secondary N) is 2. The van der Waals surface area contributed by atoms with Gasteiger partial charge in [0, 0.05) is 12.6 Å². The molecule has 1 heterocycles. The molecule has 0 aliphatic carbocycles. The van der Waals surface area contributed by atoms with E-state index in [4.69, 9.17) is 5.11 Å². The number of carboxylic acids is 1. The van der Waals surface area contributed by atoms with Crippen molar-refractivity contribution in [2.45, 2.75) is 12.8 Å². The molecular formula is C13H14F2N2O3. The van der Waals surface area contributed by atoms with Gasteiger partial charge in [-0.15, -0.1) is 0 Å². The Morgan fingerprint density at radius 3 is 2.60 bits per heavy atom. The van der Waals surface area contributed by atoms with E-state index in [0.717, 1.165) is 13.0 Å². The van der Waals surface area contributed by atoms with Crippen LogP contribution in [0.1, 0.15) is 23.2 Å². The van der Waals surface area contributed by atoms with Gasteiger partial charge < -0.3 is 15.7 Å². The van der Waals surface area contributed by atoms with Crippen LogP contribution in [0.5, 0.6) is 0 Å². The second-order valence-corrected chi connectivity index (χ2v) is 4.65. The summed E-state index contributed by atoms with van der Waals surface area (Å²) in [6.45, 7) is 1.31. The van der Waals surface area contributed by atoms with Crippen LogP contribution in [0.15, 0.2) is 12.1 Å². The van der Waals surface area contributed by atoms with Crippen LogP contribution in [-0.4, -0.2) is 30.1 Å². The van der Waals surface area contributed by atoms with Crippen molar-refractivity contribution in [3.8, 4) is 0 Å². The minimum absolute atomic E-state index is 0.230. The average Bonchev–Trinajstić information content (AvgIpc) is 2.43. The molecule has 0 spiro atoms. The van der Waals surface area contributed by atoms with Crippen LogP contribution < -0.4 is 10.6 Å². The number of benzene rings is 1. The molecule has 1 aromatic rings. The van der Waals surface area contributed by atoms with Crippen LogP contribution >= 0.6 is 0 Å². The van der Waals surface area contributed by atoms with Crippen molar-refractivity contribution in [1.82, 2.24) is 5.32 Å². The number of carbonyl (C=O) groups is 2. The first kappa shape index (κ1) is 14.4. The Bertz CT molecular complexity index is 543. The molecule has 5 nitrogen and oxygen atoms in total. The second-order valence-electron chi connectivity index (χ2n) is 4.65. The van der Waals surface area contributed by atoms with Gasteiger partial charge >= 0.3 is 5.97 Å². The number of hydrogen-bond acceptors (Lipinski definition) is 3. The minimum Gasteiger partial charge on any atom is -0.478 e. The SMILES string of the molecule is O=C(O)c1cc(F)c(F)cc1NC(=O)[C@H]1CCCNC1. The topological polar surface area (TPSA) is 78.4 Å². The normalized spacial score (nSPS) is 18.6. The molecule has 1 atom stereocenters. The maximum Gasteiger partial charge on any atom is 0.337 e. The molecule has 0 aromatic heterocycles. The standard InChI is InChI=1S/C13H14F2N2O3/c14-9-4-8(13(19)20)11(5-10(9)15)17-12(18)7-2-1-3-16-6-7/h4-5,7,16H,1-3,6H2,(H,17,18)(H,19,20)/t7-/m0/s1. The van der Waals surface area contributed by atoms with E-state index in [1.807, 2.05) is 0 Å². The molecule has 0 bridgehead atoms. The Hall–Kier alpha value is -2.02. The van der Waals surface area contributed by atoms with Gasteiger partial charge in [0.05, 0.1) is 17.2 Å². The fourth-order valence-corrected chi connectivity index (χ4v) is 2.14. The van der Waals surface area contributed by atoms with Crippen molar-refractivity contribution in [2.24, 2.45) is 5.92 Å². The highest BCUT2D eigenvalue weighted by molar-refractivity contribution is 6.01.